The molecule has 2 heteroatoms. The maximum atomic E-state index is 4.79. The fourth-order valence-corrected chi connectivity index (χ4v) is 2.02. The van der Waals surface area contributed by atoms with Gasteiger partial charge in [0.1, 0.15) is 5.54 Å². The quantitative estimate of drug-likeness (QED) is 0.513. The molecule has 1 heterocycles. The van der Waals surface area contributed by atoms with Gasteiger partial charge in [0.05, 0.1) is 5.92 Å². The zero-order valence-corrected chi connectivity index (χ0v) is 10.0. The number of azo groups is 2. The van der Waals surface area contributed by atoms with Crippen LogP contribution in [0.15, 0.2) is 5.11 Å². The summed E-state index contributed by atoms with van der Waals surface area (Å²) in [5, 5.41) is 4.79. The lowest BCUT2D eigenvalue weighted by molar-refractivity contribution is -0.676. The molecule has 0 aromatic carbocycles. The molecule has 0 bridgehead atoms. The van der Waals surface area contributed by atoms with Crippen LogP contribution >= 0.6 is 0 Å². The molecule has 0 radical (unpaired) electrons. The van der Waals surface area contributed by atoms with Crippen LogP contribution in [0.2, 0.25) is 0 Å². The van der Waals surface area contributed by atoms with E-state index in [1.165, 1.54) is 0 Å². The summed E-state index contributed by atoms with van der Waals surface area (Å²) in [4.78, 5) is 0. The highest BCUT2D eigenvalue weighted by atomic mass is 15.4. The van der Waals surface area contributed by atoms with Crippen LogP contribution in [0.5, 0.6) is 0 Å². The molecular formula is C11H23N2+. The molecule has 1 aliphatic heterocycles. The molecule has 1 rings (SSSR count). The number of hydrogen-bond acceptors (Lipinski definition) is 1. The van der Waals surface area contributed by atoms with Crippen molar-refractivity contribution < 1.29 is 4.70 Å². The molecule has 2 nitrogen and oxygen atoms in total. The van der Waals surface area contributed by atoms with Gasteiger partial charge in [-0.1, -0.05) is 6.92 Å². The number of nitrogens with zero attached hydrogens (tertiary/aromatic N) is 2. The predicted octanol–water partition coefficient (Wildman–Crippen LogP) is 3.07. The van der Waals surface area contributed by atoms with Gasteiger partial charge in [-0.25, -0.2) is 0 Å². The van der Waals surface area contributed by atoms with Gasteiger partial charge in [0.25, 0.3) is 0 Å². The van der Waals surface area contributed by atoms with Crippen LogP contribution in [0, 0.1) is 5.92 Å². The Labute approximate surface area is 82.0 Å². The maximum absolute atomic E-state index is 4.79. The van der Waals surface area contributed by atoms with Crippen LogP contribution < -0.4 is 0 Å². The molecule has 0 unspecified atom stereocenters. The van der Waals surface area contributed by atoms with Crippen molar-refractivity contribution in [2.45, 2.75) is 65.6 Å². The van der Waals surface area contributed by atoms with Crippen LogP contribution in [0.4, 0.5) is 0 Å². The highest BCUT2D eigenvalue weighted by molar-refractivity contribution is 4.88. The molecule has 76 valence electrons. The van der Waals surface area contributed by atoms with Crippen molar-refractivity contribution in [1.29, 1.82) is 0 Å². The first-order valence-corrected chi connectivity index (χ1v) is 5.18. The third-order valence-electron chi connectivity index (χ3n) is 3.28. The van der Waals surface area contributed by atoms with Gasteiger partial charge in [-0.3, -0.25) is 0 Å². The maximum Gasteiger partial charge on any atom is 0.180 e. The van der Waals surface area contributed by atoms with E-state index in [0.29, 0.717) is 12.0 Å². The Morgan fingerprint density at radius 2 is 1.62 bits per heavy atom. The highest BCUT2D eigenvalue weighted by Crippen LogP contribution is 2.35. The minimum Gasteiger partial charge on any atom is -0.120 e. The smallest absolute Gasteiger partial charge is 0.120 e. The lowest BCUT2D eigenvalue weighted by Gasteiger charge is -2.18. The second kappa shape index (κ2) is 2.79. The molecule has 0 fully saturated rings. The van der Waals surface area contributed by atoms with Gasteiger partial charge in [0.2, 0.25) is 0 Å². The van der Waals surface area contributed by atoms with Crippen LogP contribution in [-0.4, -0.2) is 21.8 Å². The van der Waals surface area contributed by atoms with Gasteiger partial charge in [-0.05, 0) is 19.0 Å². The molecule has 0 saturated carbocycles. The Bertz CT molecular complexity index is 233. The molecule has 1 aliphatic rings. The summed E-state index contributed by atoms with van der Waals surface area (Å²) >= 11 is 0. The average molecular weight is 183 g/mol. The normalized spacial score (nSPS) is 33.3. The summed E-state index contributed by atoms with van der Waals surface area (Å²) in [7, 11) is 0. The molecule has 0 spiro atoms. The van der Waals surface area contributed by atoms with E-state index in [0.717, 1.165) is 0 Å². The van der Waals surface area contributed by atoms with E-state index in [1.54, 1.807) is 0 Å². The second-order valence-electron chi connectivity index (χ2n) is 5.80. The average Bonchev–Trinajstić information content (AvgIpc) is 2.12. The largest absolute Gasteiger partial charge is 0.180 e. The van der Waals surface area contributed by atoms with Crippen molar-refractivity contribution in [2.24, 2.45) is 11.0 Å². The first-order chi connectivity index (χ1) is 5.66. The number of rotatable bonds is 0. The minimum absolute atomic E-state index is 0.104. The Hall–Kier alpha value is -0.400. The van der Waals surface area contributed by atoms with Gasteiger partial charge in [0.15, 0.2) is 11.6 Å². The van der Waals surface area contributed by atoms with Crippen LogP contribution in [0.1, 0.15) is 48.5 Å². The predicted molar refractivity (Wildman–Crippen MR) is 55.1 cm³/mol. The molecule has 2 atom stereocenters. The van der Waals surface area contributed by atoms with E-state index in [1.807, 2.05) is 0 Å². The summed E-state index contributed by atoms with van der Waals surface area (Å²) in [6, 6.07) is 0.551. The Balaban J connectivity index is 3.02. The number of hydrogen-bond donors (Lipinski definition) is 0. The second-order valence-corrected chi connectivity index (χ2v) is 5.80. The monoisotopic (exact) mass is 183 g/mol. The van der Waals surface area contributed by atoms with Gasteiger partial charge < -0.3 is 0 Å². The van der Waals surface area contributed by atoms with Crippen molar-refractivity contribution in [3.05, 3.63) is 0 Å². The molecule has 0 aliphatic carbocycles. The first-order valence-electron chi connectivity index (χ1n) is 5.18. The molecule has 0 aromatic heterocycles. The summed E-state index contributed by atoms with van der Waals surface area (Å²) in [5.74, 6) is 0.631. The van der Waals surface area contributed by atoms with Crippen LogP contribution in [-0.2, 0) is 0 Å². The van der Waals surface area contributed by atoms with E-state index < -0.39 is 0 Å². The Morgan fingerprint density at radius 1 is 1.15 bits per heavy atom. The molecular weight excluding hydrogens is 160 g/mol. The van der Waals surface area contributed by atoms with Crippen LogP contribution in [0.3, 0.4) is 0 Å². The van der Waals surface area contributed by atoms with Crippen molar-refractivity contribution in [3.8, 4) is 0 Å². The molecule has 0 N–H and O–H groups in total. The van der Waals surface area contributed by atoms with E-state index in [9.17, 15) is 0 Å². The Kier molecular flexibility index (Phi) is 2.29. The van der Waals surface area contributed by atoms with Gasteiger partial charge >= 0.3 is 0 Å². The zero-order chi connectivity index (χ0) is 10.4. The fraction of sp³-hybridized carbons (Fsp3) is 1.00. The standard InChI is InChI=1S/C11H23N2/c1-8-9(2)13(10(3,4)5)12-11(8,6)7/h8-9H,1-7H3/q+1/t8-,9-/m0/s1. The topological polar surface area (TPSA) is 15.4 Å². The highest BCUT2D eigenvalue weighted by Gasteiger charge is 2.49. The summed E-state index contributed by atoms with van der Waals surface area (Å²) < 4.78 is 2.26. The van der Waals surface area contributed by atoms with E-state index in [-0.39, 0.29) is 11.1 Å². The van der Waals surface area contributed by atoms with Crippen molar-refractivity contribution >= 4 is 0 Å². The van der Waals surface area contributed by atoms with Gasteiger partial charge in [0, 0.05) is 27.7 Å². The minimum atomic E-state index is 0.104. The Morgan fingerprint density at radius 3 is 1.77 bits per heavy atom. The fourth-order valence-electron chi connectivity index (χ4n) is 2.02. The summed E-state index contributed by atoms with van der Waals surface area (Å²) in [6.45, 7) is 15.7. The molecule has 0 saturated heterocycles. The zero-order valence-electron chi connectivity index (χ0n) is 10.0. The van der Waals surface area contributed by atoms with E-state index >= 15 is 0 Å². The van der Waals surface area contributed by atoms with E-state index in [2.05, 4.69) is 53.2 Å². The van der Waals surface area contributed by atoms with Crippen molar-refractivity contribution in [2.75, 3.05) is 0 Å². The van der Waals surface area contributed by atoms with Crippen molar-refractivity contribution in [1.82, 2.24) is 0 Å². The van der Waals surface area contributed by atoms with Crippen molar-refractivity contribution in [3.63, 3.8) is 0 Å². The molecule has 13 heavy (non-hydrogen) atoms. The molecule has 0 aromatic rings. The van der Waals surface area contributed by atoms with E-state index in [4.69, 9.17) is 5.11 Å². The van der Waals surface area contributed by atoms with Gasteiger partial charge in [-0.15, -0.1) is 4.70 Å². The third kappa shape index (κ3) is 1.77. The molecule has 0 amide bonds. The third-order valence-corrected chi connectivity index (χ3v) is 3.28. The lowest BCUT2D eigenvalue weighted by atomic mass is 9.86. The summed E-state index contributed by atoms with van der Waals surface area (Å²) in [6.07, 6.45) is 0. The first kappa shape index (κ1) is 10.7. The van der Waals surface area contributed by atoms with Gasteiger partial charge in [-0.2, -0.15) is 0 Å². The SMILES string of the molecule is C[C@H]1[C@H](C)C(C)(C)N=[N+]1C(C)(C)C. The van der Waals surface area contributed by atoms with Crippen LogP contribution in [0.25, 0.3) is 0 Å². The summed E-state index contributed by atoms with van der Waals surface area (Å²) in [5.41, 5.74) is 0.258. The lowest BCUT2D eigenvalue weighted by Crippen LogP contribution is -2.38.